The van der Waals surface area contributed by atoms with Crippen molar-refractivity contribution in [3.63, 3.8) is 0 Å². The lowest BCUT2D eigenvalue weighted by molar-refractivity contribution is -0.384. The Labute approximate surface area is 127 Å². The number of benzene rings is 1. The maximum atomic E-state index is 11.1. The van der Waals surface area contributed by atoms with Crippen LogP contribution in [0.1, 0.15) is 36.5 Å². The Morgan fingerprint density at radius 1 is 1.52 bits per heavy atom. The summed E-state index contributed by atoms with van der Waals surface area (Å²) < 4.78 is 0. The molecule has 1 aromatic rings. The summed E-state index contributed by atoms with van der Waals surface area (Å²) in [5.74, 6) is -0.0879. The van der Waals surface area contributed by atoms with Gasteiger partial charge in [0.15, 0.2) is 0 Å². The van der Waals surface area contributed by atoms with Gasteiger partial charge >= 0.3 is 5.97 Å². The van der Waals surface area contributed by atoms with Crippen LogP contribution in [0, 0.1) is 10.1 Å². The Bertz CT molecular complexity index is 550. The number of hydrogen-bond acceptors (Lipinski definition) is 5. The van der Waals surface area contributed by atoms with Crippen LogP contribution >= 0.6 is 11.8 Å². The van der Waals surface area contributed by atoms with Crippen molar-refractivity contribution in [3.8, 4) is 0 Å². The predicted molar refractivity (Wildman–Crippen MR) is 83.2 cm³/mol. The molecule has 1 aliphatic rings. The third-order valence-corrected chi connectivity index (χ3v) is 4.82. The summed E-state index contributed by atoms with van der Waals surface area (Å²) in [6.45, 7) is 2.13. The number of nitro groups is 1. The van der Waals surface area contributed by atoms with Crippen molar-refractivity contribution >= 4 is 29.1 Å². The van der Waals surface area contributed by atoms with Crippen molar-refractivity contribution < 1.29 is 14.8 Å². The number of rotatable bonds is 6. The molecular weight excluding hydrogens is 292 g/mol. The van der Waals surface area contributed by atoms with Gasteiger partial charge in [0.1, 0.15) is 5.69 Å². The van der Waals surface area contributed by atoms with Gasteiger partial charge in [0, 0.05) is 17.4 Å². The van der Waals surface area contributed by atoms with Crippen molar-refractivity contribution in [2.45, 2.75) is 37.5 Å². The van der Waals surface area contributed by atoms with Gasteiger partial charge in [-0.3, -0.25) is 10.1 Å². The molecule has 1 saturated carbocycles. The van der Waals surface area contributed by atoms with Crippen molar-refractivity contribution in [2.75, 3.05) is 11.1 Å². The van der Waals surface area contributed by atoms with E-state index in [-0.39, 0.29) is 17.3 Å². The second-order valence-corrected chi connectivity index (χ2v) is 6.60. The van der Waals surface area contributed by atoms with E-state index in [9.17, 15) is 14.9 Å². The second kappa shape index (κ2) is 6.80. The highest BCUT2D eigenvalue weighted by molar-refractivity contribution is 7.99. The first-order valence-corrected chi connectivity index (χ1v) is 7.96. The lowest BCUT2D eigenvalue weighted by Crippen LogP contribution is -2.17. The van der Waals surface area contributed by atoms with E-state index in [0.717, 1.165) is 31.1 Å². The van der Waals surface area contributed by atoms with Gasteiger partial charge in [0.05, 0.1) is 10.5 Å². The van der Waals surface area contributed by atoms with Gasteiger partial charge in [-0.05, 0) is 37.1 Å². The van der Waals surface area contributed by atoms with E-state index in [4.69, 9.17) is 5.11 Å². The summed E-state index contributed by atoms with van der Waals surface area (Å²) in [7, 11) is 0. The fourth-order valence-corrected chi connectivity index (χ4v) is 3.76. The van der Waals surface area contributed by atoms with Gasteiger partial charge in [-0.25, -0.2) is 4.79 Å². The third kappa shape index (κ3) is 3.87. The van der Waals surface area contributed by atoms with Gasteiger partial charge < -0.3 is 10.4 Å². The molecule has 0 radical (unpaired) electrons. The zero-order chi connectivity index (χ0) is 15.4. The number of carboxylic acid groups (broad SMARTS) is 1. The van der Waals surface area contributed by atoms with E-state index in [1.54, 1.807) is 0 Å². The van der Waals surface area contributed by atoms with Crippen LogP contribution in [0.5, 0.6) is 0 Å². The van der Waals surface area contributed by atoms with Crippen molar-refractivity contribution in [2.24, 2.45) is 0 Å². The molecule has 114 valence electrons. The summed E-state index contributed by atoms with van der Waals surface area (Å²) in [6, 6.07) is 4.20. The molecule has 2 unspecified atom stereocenters. The second-order valence-electron chi connectivity index (χ2n) is 5.03. The molecule has 2 N–H and O–H groups in total. The Hall–Kier alpha value is -1.76. The van der Waals surface area contributed by atoms with Crippen LogP contribution in [-0.2, 0) is 0 Å². The number of carbonyl (C=O) groups is 1. The van der Waals surface area contributed by atoms with Crippen LogP contribution in [0.2, 0.25) is 0 Å². The fourth-order valence-electron chi connectivity index (χ4n) is 2.62. The molecule has 0 aliphatic heterocycles. The zero-order valence-electron chi connectivity index (χ0n) is 11.7. The predicted octanol–water partition coefficient (Wildman–Crippen LogP) is 3.38. The maximum Gasteiger partial charge on any atom is 0.335 e. The first-order chi connectivity index (χ1) is 10.0. The number of carboxylic acids is 1. The SMILES string of the molecule is CCSC1CCC(Nc2ccc(C(=O)O)cc2[N+](=O)[O-])C1. The van der Waals surface area contributed by atoms with E-state index in [0.29, 0.717) is 10.9 Å². The summed E-state index contributed by atoms with van der Waals surface area (Å²) in [5, 5.41) is 23.8. The molecule has 1 aliphatic carbocycles. The summed E-state index contributed by atoms with van der Waals surface area (Å²) >= 11 is 1.92. The Morgan fingerprint density at radius 3 is 2.90 bits per heavy atom. The smallest absolute Gasteiger partial charge is 0.335 e. The molecular formula is C14H18N2O4S. The monoisotopic (exact) mass is 310 g/mol. The van der Waals surface area contributed by atoms with Crippen molar-refractivity contribution in [1.82, 2.24) is 0 Å². The normalized spacial score (nSPS) is 21.2. The Kier molecular flexibility index (Phi) is 5.06. The largest absolute Gasteiger partial charge is 0.478 e. The molecule has 1 fully saturated rings. The van der Waals surface area contributed by atoms with Crippen molar-refractivity contribution in [3.05, 3.63) is 33.9 Å². The molecule has 0 amide bonds. The molecule has 0 spiro atoms. The van der Waals surface area contributed by atoms with E-state index in [2.05, 4.69) is 12.2 Å². The quantitative estimate of drug-likeness (QED) is 0.618. The lowest BCUT2D eigenvalue weighted by atomic mass is 10.1. The highest BCUT2D eigenvalue weighted by Crippen LogP contribution is 2.34. The van der Waals surface area contributed by atoms with E-state index >= 15 is 0 Å². The molecule has 6 nitrogen and oxygen atoms in total. The first-order valence-electron chi connectivity index (χ1n) is 6.91. The van der Waals surface area contributed by atoms with Gasteiger partial charge in [0.2, 0.25) is 0 Å². The number of aromatic carboxylic acids is 1. The third-order valence-electron chi connectivity index (χ3n) is 3.59. The highest BCUT2D eigenvalue weighted by atomic mass is 32.2. The molecule has 0 bridgehead atoms. The van der Waals surface area contributed by atoms with Crippen LogP contribution in [0.15, 0.2) is 18.2 Å². The van der Waals surface area contributed by atoms with Crippen molar-refractivity contribution in [1.29, 1.82) is 0 Å². The number of thioether (sulfide) groups is 1. The molecule has 0 aromatic heterocycles. The first kappa shape index (κ1) is 15.6. The van der Waals surface area contributed by atoms with Crippen LogP contribution in [-0.4, -0.2) is 33.0 Å². The van der Waals surface area contributed by atoms with E-state index < -0.39 is 10.9 Å². The number of nitrogens with one attached hydrogen (secondary N) is 1. The van der Waals surface area contributed by atoms with E-state index in [1.807, 2.05) is 11.8 Å². The minimum absolute atomic E-state index is 0.0712. The minimum Gasteiger partial charge on any atom is -0.478 e. The van der Waals surface area contributed by atoms with Crippen LogP contribution in [0.3, 0.4) is 0 Å². The van der Waals surface area contributed by atoms with Crippen LogP contribution < -0.4 is 5.32 Å². The summed E-state index contributed by atoms with van der Waals surface area (Å²) in [4.78, 5) is 21.5. The lowest BCUT2D eigenvalue weighted by Gasteiger charge is -2.14. The fraction of sp³-hybridized carbons (Fsp3) is 0.500. The van der Waals surface area contributed by atoms with E-state index in [1.165, 1.54) is 12.1 Å². The molecule has 1 aromatic carbocycles. The number of nitro benzene ring substituents is 1. The minimum atomic E-state index is -1.16. The Balaban J connectivity index is 2.13. The summed E-state index contributed by atoms with van der Waals surface area (Å²) in [5.41, 5.74) is 0.150. The Morgan fingerprint density at radius 2 is 2.29 bits per heavy atom. The number of anilines is 1. The standard InChI is InChI=1S/C14H18N2O4S/c1-2-21-11-5-4-10(8-11)15-12-6-3-9(14(17)18)7-13(12)16(19)20/h3,6-7,10-11,15H,2,4-5,8H2,1H3,(H,17,18). The number of hydrogen-bond donors (Lipinski definition) is 2. The molecule has 0 heterocycles. The molecule has 7 heteroatoms. The number of nitrogens with zero attached hydrogens (tertiary/aromatic N) is 1. The maximum absolute atomic E-state index is 11.1. The summed E-state index contributed by atoms with van der Waals surface area (Å²) in [6.07, 6.45) is 3.07. The molecule has 0 saturated heterocycles. The zero-order valence-corrected chi connectivity index (χ0v) is 12.6. The van der Waals surface area contributed by atoms with Gasteiger partial charge in [-0.15, -0.1) is 0 Å². The van der Waals surface area contributed by atoms with Crippen LogP contribution in [0.4, 0.5) is 11.4 Å². The topological polar surface area (TPSA) is 92.5 Å². The van der Waals surface area contributed by atoms with Gasteiger partial charge in [0.25, 0.3) is 5.69 Å². The molecule has 2 rings (SSSR count). The van der Waals surface area contributed by atoms with Crippen LogP contribution in [0.25, 0.3) is 0 Å². The van der Waals surface area contributed by atoms with Gasteiger partial charge in [-0.2, -0.15) is 11.8 Å². The van der Waals surface area contributed by atoms with Gasteiger partial charge in [-0.1, -0.05) is 6.92 Å². The average molecular weight is 310 g/mol. The highest BCUT2D eigenvalue weighted by Gasteiger charge is 2.26. The molecule has 2 atom stereocenters. The molecule has 21 heavy (non-hydrogen) atoms. The average Bonchev–Trinajstić information content (AvgIpc) is 2.86.